The number of hydrogen-bond donors (Lipinski definition) is 3. The maximum Gasteiger partial charge on any atom is 0.256 e. The Hall–Kier alpha value is -3.95. The molecular formula is C29H29N5O. The molecule has 0 bridgehead atoms. The normalized spacial score (nSPS) is 18.6. The molecule has 3 N–H and O–H groups in total. The highest BCUT2D eigenvalue weighted by atomic mass is 16.1. The molecule has 3 atom stereocenters. The third-order valence-electron chi connectivity index (χ3n) is 7.09. The first kappa shape index (κ1) is 22.8. The lowest BCUT2D eigenvalue weighted by Gasteiger charge is -2.32. The number of carbonyl (C=O) groups excluding carboxylic acids is 1. The summed E-state index contributed by atoms with van der Waals surface area (Å²) in [5, 5.41) is 24.8. The summed E-state index contributed by atoms with van der Waals surface area (Å²) < 4.78 is 0. The van der Waals surface area contributed by atoms with Gasteiger partial charge in [-0.25, -0.2) is 0 Å². The van der Waals surface area contributed by atoms with E-state index in [0.29, 0.717) is 23.1 Å². The van der Waals surface area contributed by atoms with Gasteiger partial charge in [0.25, 0.3) is 5.91 Å². The largest absolute Gasteiger partial charge is 0.307 e. The molecule has 1 aliphatic carbocycles. The van der Waals surface area contributed by atoms with E-state index in [2.05, 4.69) is 82.4 Å². The smallest absolute Gasteiger partial charge is 0.256 e. The molecule has 1 fully saturated rings. The van der Waals surface area contributed by atoms with Crippen LogP contribution in [0.5, 0.6) is 0 Å². The SMILES string of the molecule is C[C@@H](N[C@H]1CCC[C@H](c2ccc(C(=O)Nc3n[nH]cc3C#N)cc2)C1)c1cccc2ccccc12. The second kappa shape index (κ2) is 10.1. The second-order valence-corrected chi connectivity index (χ2v) is 9.35. The van der Waals surface area contributed by atoms with Crippen molar-refractivity contribution in [3.8, 4) is 6.07 Å². The Balaban J connectivity index is 1.23. The van der Waals surface area contributed by atoms with Gasteiger partial charge in [-0.05, 0) is 66.1 Å². The molecule has 0 aliphatic heterocycles. The van der Waals surface area contributed by atoms with Crippen molar-refractivity contribution >= 4 is 22.5 Å². The van der Waals surface area contributed by atoms with Crippen LogP contribution in [0, 0.1) is 11.3 Å². The highest BCUT2D eigenvalue weighted by Gasteiger charge is 2.25. The Kier molecular flexibility index (Phi) is 6.60. The van der Waals surface area contributed by atoms with Crippen molar-refractivity contribution in [3.05, 3.63) is 95.2 Å². The predicted molar refractivity (Wildman–Crippen MR) is 138 cm³/mol. The highest BCUT2D eigenvalue weighted by molar-refractivity contribution is 6.04. The summed E-state index contributed by atoms with van der Waals surface area (Å²) in [5.41, 5.74) is 3.48. The van der Waals surface area contributed by atoms with E-state index in [9.17, 15) is 4.79 Å². The lowest BCUT2D eigenvalue weighted by Crippen LogP contribution is -2.35. The summed E-state index contributed by atoms with van der Waals surface area (Å²) in [5.74, 6) is 0.449. The van der Waals surface area contributed by atoms with Crippen LogP contribution in [0.2, 0.25) is 0 Å². The number of amides is 1. The summed E-state index contributed by atoms with van der Waals surface area (Å²) in [6.07, 6.45) is 6.07. The minimum absolute atomic E-state index is 0.253. The molecule has 1 aromatic heterocycles. The van der Waals surface area contributed by atoms with Crippen LogP contribution in [0.25, 0.3) is 10.8 Å². The molecule has 176 valence electrons. The Morgan fingerprint density at radius 2 is 1.89 bits per heavy atom. The number of benzene rings is 3. The molecular weight excluding hydrogens is 434 g/mol. The first-order valence-corrected chi connectivity index (χ1v) is 12.2. The average molecular weight is 464 g/mol. The Bertz CT molecular complexity index is 1360. The molecule has 1 saturated carbocycles. The number of nitriles is 1. The van der Waals surface area contributed by atoms with Gasteiger partial charge in [-0.15, -0.1) is 0 Å². The molecule has 3 aromatic carbocycles. The number of aromatic nitrogens is 2. The van der Waals surface area contributed by atoms with E-state index in [1.807, 2.05) is 18.2 Å². The third kappa shape index (κ3) is 4.96. The van der Waals surface area contributed by atoms with E-state index in [0.717, 1.165) is 12.8 Å². The van der Waals surface area contributed by atoms with Crippen LogP contribution in [0.3, 0.4) is 0 Å². The van der Waals surface area contributed by atoms with Crippen LogP contribution < -0.4 is 10.6 Å². The van der Waals surface area contributed by atoms with Crippen molar-refractivity contribution in [2.24, 2.45) is 0 Å². The zero-order chi connectivity index (χ0) is 24.2. The number of nitrogens with one attached hydrogen (secondary N) is 3. The fraction of sp³-hybridized carbons (Fsp3) is 0.276. The Labute approximate surface area is 205 Å². The summed E-state index contributed by atoms with van der Waals surface area (Å²) in [6.45, 7) is 2.26. The van der Waals surface area contributed by atoms with E-state index in [-0.39, 0.29) is 17.8 Å². The van der Waals surface area contributed by atoms with Gasteiger partial charge in [-0.3, -0.25) is 9.89 Å². The van der Waals surface area contributed by atoms with Gasteiger partial charge in [0.05, 0.1) is 0 Å². The van der Waals surface area contributed by atoms with E-state index in [1.165, 1.54) is 40.9 Å². The third-order valence-corrected chi connectivity index (χ3v) is 7.09. The van der Waals surface area contributed by atoms with Gasteiger partial charge in [0.2, 0.25) is 0 Å². The predicted octanol–water partition coefficient (Wildman–Crippen LogP) is 6.06. The summed E-state index contributed by atoms with van der Waals surface area (Å²) in [7, 11) is 0. The molecule has 0 saturated heterocycles. The van der Waals surface area contributed by atoms with Crippen LogP contribution in [0.1, 0.15) is 71.6 Å². The molecule has 1 aliphatic rings. The lowest BCUT2D eigenvalue weighted by molar-refractivity contribution is 0.102. The van der Waals surface area contributed by atoms with Crippen molar-refractivity contribution in [3.63, 3.8) is 0 Å². The molecule has 6 nitrogen and oxygen atoms in total. The Morgan fingerprint density at radius 1 is 1.09 bits per heavy atom. The summed E-state index contributed by atoms with van der Waals surface area (Å²) >= 11 is 0. The second-order valence-electron chi connectivity index (χ2n) is 9.35. The highest BCUT2D eigenvalue weighted by Crippen LogP contribution is 2.34. The van der Waals surface area contributed by atoms with Crippen molar-refractivity contribution < 1.29 is 4.79 Å². The monoisotopic (exact) mass is 463 g/mol. The van der Waals surface area contributed by atoms with Gasteiger partial charge in [-0.2, -0.15) is 10.4 Å². The number of nitrogens with zero attached hydrogens (tertiary/aromatic N) is 2. The summed E-state index contributed by atoms with van der Waals surface area (Å²) in [4.78, 5) is 12.6. The minimum Gasteiger partial charge on any atom is -0.307 e. The van der Waals surface area contributed by atoms with Crippen molar-refractivity contribution in [1.82, 2.24) is 15.5 Å². The molecule has 0 spiro atoms. The molecule has 1 heterocycles. The molecule has 6 heteroatoms. The molecule has 35 heavy (non-hydrogen) atoms. The van der Waals surface area contributed by atoms with Crippen LogP contribution >= 0.6 is 0 Å². The van der Waals surface area contributed by atoms with Gasteiger partial charge in [0.15, 0.2) is 5.82 Å². The number of hydrogen-bond acceptors (Lipinski definition) is 4. The Morgan fingerprint density at radius 3 is 2.71 bits per heavy atom. The van der Waals surface area contributed by atoms with Crippen molar-refractivity contribution in [2.75, 3.05) is 5.32 Å². The minimum atomic E-state index is -0.271. The number of rotatable bonds is 6. The van der Waals surface area contributed by atoms with Gasteiger partial charge in [-0.1, -0.05) is 61.0 Å². The van der Waals surface area contributed by atoms with E-state index >= 15 is 0 Å². The van der Waals surface area contributed by atoms with Gasteiger partial charge in [0.1, 0.15) is 11.6 Å². The first-order valence-electron chi connectivity index (χ1n) is 12.2. The molecule has 5 rings (SSSR count). The van der Waals surface area contributed by atoms with Crippen molar-refractivity contribution in [1.29, 1.82) is 5.26 Å². The first-order chi connectivity index (χ1) is 17.1. The maximum absolute atomic E-state index is 12.6. The number of aromatic amines is 1. The number of anilines is 1. The number of fused-ring (bicyclic) bond motifs is 1. The fourth-order valence-corrected chi connectivity index (χ4v) is 5.27. The lowest BCUT2D eigenvalue weighted by atomic mass is 9.80. The van der Waals surface area contributed by atoms with Gasteiger partial charge >= 0.3 is 0 Å². The van der Waals surface area contributed by atoms with Gasteiger partial charge in [0, 0.05) is 23.8 Å². The van der Waals surface area contributed by atoms with Crippen LogP contribution in [0.4, 0.5) is 5.82 Å². The van der Waals surface area contributed by atoms with E-state index in [1.54, 1.807) is 0 Å². The molecule has 4 aromatic rings. The molecule has 0 unspecified atom stereocenters. The average Bonchev–Trinajstić information content (AvgIpc) is 3.35. The van der Waals surface area contributed by atoms with Crippen LogP contribution in [-0.4, -0.2) is 22.1 Å². The zero-order valence-corrected chi connectivity index (χ0v) is 19.8. The maximum atomic E-state index is 12.6. The van der Waals surface area contributed by atoms with E-state index in [4.69, 9.17) is 5.26 Å². The molecule has 0 radical (unpaired) electrons. The number of carbonyl (C=O) groups is 1. The zero-order valence-electron chi connectivity index (χ0n) is 19.8. The van der Waals surface area contributed by atoms with Gasteiger partial charge < -0.3 is 10.6 Å². The standard InChI is InChI=1S/C29H29N5O/c1-19(26-11-5-7-21-6-2-3-10-27(21)26)32-25-9-4-8-23(16-25)20-12-14-22(15-13-20)29(35)33-28-24(17-30)18-31-34-28/h2-3,5-7,10-15,18-19,23,25,32H,4,8-9,16H2,1H3,(H2,31,33,34,35)/t19-,23+,25+/m1/s1. The summed E-state index contributed by atoms with van der Waals surface area (Å²) in [6, 6.07) is 25.7. The quantitative estimate of drug-likeness (QED) is 0.324. The topological polar surface area (TPSA) is 93.6 Å². The fourth-order valence-electron chi connectivity index (χ4n) is 5.27. The van der Waals surface area contributed by atoms with E-state index < -0.39 is 0 Å². The molecule has 1 amide bonds. The van der Waals surface area contributed by atoms with Crippen molar-refractivity contribution in [2.45, 2.75) is 50.6 Å². The number of H-pyrrole nitrogens is 1. The van der Waals surface area contributed by atoms with Crippen LogP contribution in [-0.2, 0) is 0 Å². The van der Waals surface area contributed by atoms with Crippen LogP contribution in [0.15, 0.2) is 72.9 Å².